The molecular weight excluding hydrogens is 286 g/mol. The van der Waals surface area contributed by atoms with Crippen LogP contribution in [0.2, 0.25) is 0 Å². The van der Waals surface area contributed by atoms with Gasteiger partial charge in [0.15, 0.2) is 0 Å². The smallest absolute Gasteiger partial charge is 0.326 e. The number of ether oxygens (including phenoxy) is 1. The quantitative estimate of drug-likeness (QED) is 0.462. The van der Waals surface area contributed by atoms with Crippen molar-refractivity contribution in [3.63, 3.8) is 0 Å². The van der Waals surface area contributed by atoms with Gasteiger partial charge in [-0.15, -0.1) is 0 Å². The van der Waals surface area contributed by atoms with Crippen molar-refractivity contribution in [1.82, 2.24) is 15.5 Å². The molecule has 3 amide bonds. The molecule has 0 spiro atoms. The number of hydrogen-bond donors (Lipinski definition) is 4. The molecule has 1 heterocycles. The minimum Gasteiger partial charge on any atom is -0.481 e. The van der Waals surface area contributed by atoms with Gasteiger partial charge in [-0.3, -0.25) is 9.59 Å². The van der Waals surface area contributed by atoms with Crippen molar-refractivity contribution >= 4 is 23.9 Å². The van der Waals surface area contributed by atoms with E-state index in [2.05, 4.69) is 10.6 Å². The Balaban J connectivity index is 2.76. The third-order valence-electron chi connectivity index (χ3n) is 2.91. The van der Waals surface area contributed by atoms with Crippen LogP contribution in [0.25, 0.3) is 0 Å². The zero-order chi connectivity index (χ0) is 16.0. The number of hydrogen-bond acceptors (Lipinski definition) is 5. The molecule has 0 aromatic rings. The molecule has 1 fully saturated rings. The van der Waals surface area contributed by atoms with Crippen LogP contribution >= 0.6 is 0 Å². The molecule has 0 aliphatic carbocycles. The van der Waals surface area contributed by atoms with Crippen LogP contribution in [0.3, 0.4) is 0 Å². The van der Waals surface area contributed by atoms with Crippen LogP contribution in [-0.4, -0.2) is 77.9 Å². The monoisotopic (exact) mass is 303 g/mol. The van der Waals surface area contributed by atoms with Gasteiger partial charge in [0.05, 0.1) is 19.6 Å². The van der Waals surface area contributed by atoms with Crippen LogP contribution in [0.4, 0.5) is 4.79 Å². The average Bonchev–Trinajstić information content (AvgIpc) is 2.45. The molecule has 21 heavy (non-hydrogen) atoms. The largest absolute Gasteiger partial charge is 0.481 e. The van der Waals surface area contributed by atoms with Crippen LogP contribution in [0.15, 0.2) is 0 Å². The SMILES string of the molecule is CNC(=O)C1COCCN1C(=O)NC(CC(=O)O)C(=O)O. The van der Waals surface area contributed by atoms with Gasteiger partial charge in [-0.2, -0.15) is 0 Å². The molecule has 0 bridgehead atoms. The van der Waals surface area contributed by atoms with E-state index in [1.165, 1.54) is 7.05 Å². The normalized spacial score (nSPS) is 19.5. The minimum absolute atomic E-state index is 0.0102. The summed E-state index contributed by atoms with van der Waals surface area (Å²) in [6, 6.07) is -3.27. The van der Waals surface area contributed by atoms with Crippen molar-refractivity contribution in [2.75, 3.05) is 26.8 Å². The Labute approximate surface area is 120 Å². The van der Waals surface area contributed by atoms with Crippen LogP contribution in [0.1, 0.15) is 6.42 Å². The van der Waals surface area contributed by atoms with Crippen molar-refractivity contribution in [3.8, 4) is 0 Å². The fourth-order valence-electron chi connectivity index (χ4n) is 1.84. The highest BCUT2D eigenvalue weighted by Gasteiger charge is 2.34. The number of carbonyl (C=O) groups is 4. The topological polar surface area (TPSA) is 145 Å². The first-order valence-corrected chi connectivity index (χ1v) is 6.18. The highest BCUT2D eigenvalue weighted by molar-refractivity contribution is 5.90. The number of rotatable bonds is 5. The Bertz CT molecular complexity index is 440. The fourth-order valence-corrected chi connectivity index (χ4v) is 1.84. The Morgan fingerprint density at radius 3 is 2.52 bits per heavy atom. The van der Waals surface area contributed by atoms with E-state index in [0.717, 1.165) is 4.90 Å². The van der Waals surface area contributed by atoms with Gasteiger partial charge < -0.3 is 30.5 Å². The number of aliphatic carboxylic acids is 2. The lowest BCUT2D eigenvalue weighted by Gasteiger charge is -2.34. The van der Waals surface area contributed by atoms with E-state index in [4.69, 9.17) is 14.9 Å². The van der Waals surface area contributed by atoms with E-state index in [9.17, 15) is 19.2 Å². The zero-order valence-electron chi connectivity index (χ0n) is 11.4. The molecule has 0 radical (unpaired) electrons. The van der Waals surface area contributed by atoms with E-state index in [1.807, 2.05) is 0 Å². The maximum atomic E-state index is 12.0. The molecule has 1 rings (SSSR count). The maximum Gasteiger partial charge on any atom is 0.326 e. The van der Waals surface area contributed by atoms with Gasteiger partial charge in [0.25, 0.3) is 0 Å². The lowest BCUT2D eigenvalue weighted by atomic mass is 10.2. The highest BCUT2D eigenvalue weighted by atomic mass is 16.5. The molecule has 0 aromatic carbocycles. The Hall–Kier alpha value is -2.36. The van der Waals surface area contributed by atoms with Gasteiger partial charge in [-0.25, -0.2) is 9.59 Å². The first kappa shape index (κ1) is 16.7. The second-order valence-electron chi connectivity index (χ2n) is 4.34. The predicted molar refractivity (Wildman–Crippen MR) is 67.6 cm³/mol. The number of likely N-dealkylation sites (N-methyl/N-ethyl adjacent to an activating group) is 1. The van der Waals surface area contributed by atoms with Gasteiger partial charge >= 0.3 is 18.0 Å². The first-order valence-electron chi connectivity index (χ1n) is 6.18. The van der Waals surface area contributed by atoms with Gasteiger partial charge in [0, 0.05) is 13.6 Å². The van der Waals surface area contributed by atoms with Crippen LogP contribution in [-0.2, 0) is 19.1 Å². The molecule has 1 aliphatic heterocycles. The van der Waals surface area contributed by atoms with Gasteiger partial charge in [-0.1, -0.05) is 0 Å². The van der Waals surface area contributed by atoms with Crippen LogP contribution in [0, 0.1) is 0 Å². The number of carbonyl (C=O) groups excluding carboxylic acids is 2. The van der Waals surface area contributed by atoms with Crippen molar-refractivity contribution in [2.45, 2.75) is 18.5 Å². The molecule has 118 valence electrons. The number of amides is 3. The maximum absolute atomic E-state index is 12.0. The summed E-state index contributed by atoms with van der Waals surface area (Å²) >= 11 is 0. The second kappa shape index (κ2) is 7.43. The first-order chi connectivity index (χ1) is 9.86. The van der Waals surface area contributed by atoms with Crippen LogP contribution in [0.5, 0.6) is 0 Å². The third kappa shape index (κ3) is 4.60. The van der Waals surface area contributed by atoms with E-state index in [1.54, 1.807) is 0 Å². The molecule has 1 saturated heterocycles. The van der Waals surface area contributed by atoms with Gasteiger partial charge in [-0.05, 0) is 0 Å². The predicted octanol–water partition coefficient (Wildman–Crippen LogP) is -1.93. The standard InChI is InChI=1S/C11H17N3O7/c1-12-9(17)7-5-21-3-2-14(7)11(20)13-6(10(18)19)4-8(15)16/h6-7H,2-5H2,1H3,(H,12,17)(H,13,20)(H,15,16)(H,18,19). The van der Waals surface area contributed by atoms with Crippen molar-refractivity contribution in [1.29, 1.82) is 0 Å². The summed E-state index contributed by atoms with van der Waals surface area (Å²) in [5.74, 6) is -3.27. The summed E-state index contributed by atoms with van der Waals surface area (Å²) < 4.78 is 5.11. The summed E-state index contributed by atoms with van der Waals surface area (Å²) in [5.41, 5.74) is 0. The summed E-state index contributed by atoms with van der Waals surface area (Å²) in [6.45, 7) is 0.296. The highest BCUT2D eigenvalue weighted by Crippen LogP contribution is 2.08. The van der Waals surface area contributed by atoms with Crippen LogP contribution < -0.4 is 10.6 Å². The molecule has 10 nitrogen and oxygen atoms in total. The Morgan fingerprint density at radius 1 is 1.33 bits per heavy atom. The fraction of sp³-hybridized carbons (Fsp3) is 0.636. The Kier molecular flexibility index (Phi) is 5.91. The molecule has 4 N–H and O–H groups in total. The number of carboxylic acids is 2. The lowest BCUT2D eigenvalue weighted by molar-refractivity contribution is -0.145. The van der Waals surface area contributed by atoms with Crippen molar-refractivity contribution < 1.29 is 34.1 Å². The minimum atomic E-state index is -1.57. The lowest BCUT2D eigenvalue weighted by Crippen LogP contribution is -2.59. The number of urea groups is 1. The van der Waals surface area contributed by atoms with E-state index in [-0.39, 0.29) is 19.8 Å². The van der Waals surface area contributed by atoms with Gasteiger partial charge in [0.1, 0.15) is 12.1 Å². The van der Waals surface area contributed by atoms with E-state index in [0.29, 0.717) is 0 Å². The molecule has 0 aromatic heterocycles. The van der Waals surface area contributed by atoms with E-state index < -0.39 is 42.4 Å². The number of morpholine rings is 1. The summed E-state index contributed by atoms with van der Waals surface area (Å²) in [4.78, 5) is 46.3. The average molecular weight is 303 g/mol. The zero-order valence-corrected chi connectivity index (χ0v) is 11.4. The van der Waals surface area contributed by atoms with Gasteiger partial charge in [0.2, 0.25) is 5.91 Å². The van der Waals surface area contributed by atoms with Crippen molar-refractivity contribution in [3.05, 3.63) is 0 Å². The number of carboxylic acid groups (broad SMARTS) is 2. The summed E-state index contributed by atoms with van der Waals surface area (Å²) in [5, 5.41) is 22.0. The summed E-state index contributed by atoms with van der Waals surface area (Å²) in [6.07, 6.45) is -0.754. The van der Waals surface area contributed by atoms with Crippen molar-refractivity contribution in [2.24, 2.45) is 0 Å². The Morgan fingerprint density at radius 2 is 2.00 bits per heavy atom. The second-order valence-corrected chi connectivity index (χ2v) is 4.34. The summed E-state index contributed by atoms with van der Waals surface area (Å²) in [7, 11) is 1.40. The number of nitrogens with zero attached hydrogens (tertiary/aromatic N) is 1. The molecule has 0 saturated carbocycles. The molecular formula is C11H17N3O7. The van der Waals surface area contributed by atoms with E-state index >= 15 is 0 Å². The molecule has 1 aliphatic rings. The molecule has 2 atom stereocenters. The molecule has 2 unspecified atom stereocenters. The number of nitrogens with one attached hydrogen (secondary N) is 2. The third-order valence-corrected chi connectivity index (χ3v) is 2.91. The molecule has 10 heteroatoms.